The van der Waals surface area contributed by atoms with Gasteiger partial charge in [-0.25, -0.2) is 9.18 Å². The summed E-state index contributed by atoms with van der Waals surface area (Å²) >= 11 is 0. The zero-order valence-corrected chi connectivity index (χ0v) is 27.8. The van der Waals surface area contributed by atoms with Crippen molar-refractivity contribution in [3.05, 3.63) is 125 Å². The number of aliphatic carboxylic acids is 1. The molecule has 0 radical (unpaired) electrons. The minimum atomic E-state index is -4.76. The highest BCUT2D eigenvalue weighted by molar-refractivity contribution is 5.91. The molecule has 2 amide bonds. The Hall–Kier alpha value is -5.19. The van der Waals surface area contributed by atoms with Crippen molar-refractivity contribution in [2.45, 2.75) is 76.4 Å². The summed E-state index contributed by atoms with van der Waals surface area (Å²) < 4.78 is 59.9. The van der Waals surface area contributed by atoms with Crippen LogP contribution in [0.2, 0.25) is 0 Å². The quantitative estimate of drug-likeness (QED) is 0.156. The smallest absolute Gasteiger partial charge is 0.416 e. The van der Waals surface area contributed by atoms with Crippen LogP contribution in [-0.2, 0) is 46.6 Å². The Morgan fingerprint density at radius 3 is 2.27 bits per heavy atom. The molecule has 0 spiro atoms. The van der Waals surface area contributed by atoms with E-state index in [1.165, 1.54) is 4.90 Å². The highest BCUT2D eigenvalue weighted by Gasteiger charge is 2.38. The van der Waals surface area contributed by atoms with Crippen LogP contribution < -0.4 is 10.1 Å². The van der Waals surface area contributed by atoms with Crippen molar-refractivity contribution in [1.29, 1.82) is 0 Å². The third-order valence-electron chi connectivity index (χ3n) is 9.76. The summed E-state index contributed by atoms with van der Waals surface area (Å²) in [6.07, 6.45) is -0.455. The maximum Gasteiger partial charge on any atom is 0.416 e. The molecule has 6 rings (SSSR count). The van der Waals surface area contributed by atoms with Gasteiger partial charge in [0.05, 0.1) is 5.56 Å². The summed E-state index contributed by atoms with van der Waals surface area (Å²) in [7, 11) is 0. The molecule has 2 N–H and O–H groups in total. The number of amides is 2. The van der Waals surface area contributed by atoms with E-state index in [9.17, 15) is 37.1 Å². The van der Waals surface area contributed by atoms with Crippen LogP contribution >= 0.6 is 0 Å². The van der Waals surface area contributed by atoms with Crippen LogP contribution in [0.3, 0.4) is 0 Å². The van der Waals surface area contributed by atoms with Gasteiger partial charge in [-0.2, -0.15) is 13.2 Å². The zero-order chi connectivity index (χ0) is 36.1. The minimum absolute atomic E-state index is 0.0409. The number of ether oxygens (including phenoxy) is 1. The number of fused-ring (bicyclic) bond motifs is 1. The summed E-state index contributed by atoms with van der Waals surface area (Å²) in [6.45, 7) is -0.423. The van der Waals surface area contributed by atoms with Gasteiger partial charge in [-0.3, -0.25) is 9.59 Å². The SMILES string of the molecule is O=C(O)[C@H](Cc1ccc(-c2ccccc2)cc1)NC(=O)[C@@H]1Cc2ccc(OCc3ccc(F)cc3C(F)(F)F)cc2CN1C(=O)CC1CCCC1. The summed E-state index contributed by atoms with van der Waals surface area (Å²) in [5.41, 5.74) is 2.76. The molecule has 0 saturated heterocycles. The lowest BCUT2D eigenvalue weighted by molar-refractivity contribution is -0.145. The molecule has 266 valence electrons. The predicted molar refractivity (Wildman–Crippen MR) is 182 cm³/mol. The largest absolute Gasteiger partial charge is 0.489 e. The van der Waals surface area contributed by atoms with Crippen LogP contribution in [0.15, 0.2) is 91.0 Å². The first-order valence-corrected chi connectivity index (χ1v) is 17.0. The highest BCUT2D eigenvalue weighted by atomic mass is 19.4. The van der Waals surface area contributed by atoms with Crippen LogP contribution in [0.4, 0.5) is 17.6 Å². The van der Waals surface area contributed by atoms with Crippen LogP contribution in [0.1, 0.15) is 59.9 Å². The summed E-state index contributed by atoms with van der Waals surface area (Å²) in [5.74, 6) is -2.56. The third-order valence-corrected chi connectivity index (χ3v) is 9.76. The van der Waals surface area contributed by atoms with E-state index in [0.29, 0.717) is 11.6 Å². The Morgan fingerprint density at radius 2 is 1.59 bits per heavy atom. The lowest BCUT2D eigenvalue weighted by Crippen LogP contribution is -2.56. The second-order valence-corrected chi connectivity index (χ2v) is 13.3. The van der Waals surface area contributed by atoms with E-state index in [1.807, 2.05) is 54.6 Å². The molecule has 11 heteroatoms. The fourth-order valence-corrected chi connectivity index (χ4v) is 6.99. The maximum absolute atomic E-state index is 13.9. The molecular formula is C40H38F4N2O5. The number of carboxylic acid groups (broad SMARTS) is 1. The molecule has 0 unspecified atom stereocenters. The van der Waals surface area contributed by atoms with Crippen LogP contribution in [0, 0.1) is 11.7 Å². The molecule has 0 aromatic heterocycles. The number of carbonyl (C=O) groups is 3. The molecule has 7 nitrogen and oxygen atoms in total. The molecule has 2 aliphatic rings. The molecule has 51 heavy (non-hydrogen) atoms. The van der Waals surface area contributed by atoms with Gasteiger partial charge >= 0.3 is 12.1 Å². The van der Waals surface area contributed by atoms with Crippen molar-refractivity contribution in [2.75, 3.05) is 0 Å². The Morgan fingerprint density at radius 1 is 0.882 bits per heavy atom. The first-order chi connectivity index (χ1) is 24.4. The van der Waals surface area contributed by atoms with Crippen molar-refractivity contribution in [1.82, 2.24) is 10.2 Å². The standard InChI is InChI=1S/C40H38F4N2O5/c41-32-16-14-30(34(22-32)40(42,43)44)24-51-33-17-15-29-21-36(46(23-31(29)20-33)37(47)19-25-6-4-5-7-25)38(48)45-35(39(49)50)18-26-10-12-28(13-11-26)27-8-2-1-3-9-27/h1-3,8-17,20,22,25,35-36H,4-7,18-19,21,23-24H2,(H,45,48)(H,49,50)/t35-,36-/m0/s1. The van der Waals surface area contributed by atoms with E-state index >= 15 is 0 Å². The molecular weight excluding hydrogens is 664 g/mol. The maximum atomic E-state index is 13.9. The fraction of sp³-hybridized carbons (Fsp3) is 0.325. The molecule has 4 aromatic rings. The number of nitrogens with zero attached hydrogens (tertiary/aromatic N) is 1. The van der Waals surface area contributed by atoms with E-state index in [-0.39, 0.29) is 48.9 Å². The summed E-state index contributed by atoms with van der Waals surface area (Å²) in [6, 6.07) is 22.3. The molecule has 1 aliphatic carbocycles. The van der Waals surface area contributed by atoms with E-state index < -0.39 is 48.1 Å². The van der Waals surface area contributed by atoms with Gasteiger partial charge < -0.3 is 20.1 Å². The number of benzene rings is 4. The van der Waals surface area contributed by atoms with Gasteiger partial charge in [-0.15, -0.1) is 0 Å². The van der Waals surface area contributed by atoms with Crippen LogP contribution in [-0.4, -0.2) is 39.9 Å². The second-order valence-electron chi connectivity index (χ2n) is 13.3. The van der Waals surface area contributed by atoms with E-state index in [1.54, 1.807) is 18.2 Å². The van der Waals surface area contributed by atoms with Crippen LogP contribution in [0.5, 0.6) is 5.75 Å². The Kier molecular flexibility index (Phi) is 10.7. The molecule has 2 atom stereocenters. The number of hydrogen-bond acceptors (Lipinski definition) is 4. The lowest BCUT2D eigenvalue weighted by atomic mass is 9.91. The molecule has 1 heterocycles. The number of carboxylic acids is 1. The van der Waals surface area contributed by atoms with E-state index in [0.717, 1.165) is 60.1 Å². The Labute approximate surface area is 293 Å². The van der Waals surface area contributed by atoms with Crippen molar-refractivity contribution in [2.24, 2.45) is 5.92 Å². The number of halogens is 4. The molecule has 0 bridgehead atoms. The average Bonchev–Trinajstić information content (AvgIpc) is 3.63. The zero-order valence-electron chi connectivity index (χ0n) is 27.8. The Bertz CT molecular complexity index is 1870. The van der Waals surface area contributed by atoms with Crippen molar-refractivity contribution in [3.63, 3.8) is 0 Å². The van der Waals surface area contributed by atoms with Gasteiger partial charge in [0.1, 0.15) is 30.3 Å². The second kappa shape index (κ2) is 15.4. The number of alkyl halides is 3. The minimum Gasteiger partial charge on any atom is -0.489 e. The number of rotatable bonds is 11. The molecule has 1 saturated carbocycles. The van der Waals surface area contributed by atoms with E-state index in [2.05, 4.69) is 5.32 Å². The monoisotopic (exact) mass is 702 g/mol. The summed E-state index contributed by atoms with van der Waals surface area (Å²) in [5, 5.41) is 12.8. The lowest BCUT2D eigenvalue weighted by Gasteiger charge is -2.37. The predicted octanol–water partition coefficient (Wildman–Crippen LogP) is 7.74. The fourth-order valence-electron chi connectivity index (χ4n) is 6.99. The van der Waals surface area contributed by atoms with Gasteiger partial charge in [-0.1, -0.05) is 79.6 Å². The first kappa shape index (κ1) is 35.6. The topological polar surface area (TPSA) is 95.9 Å². The molecule has 4 aromatic carbocycles. The Balaban J connectivity index is 1.19. The van der Waals surface area contributed by atoms with Gasteiger partial charge in [0.15, 0.2) is 0 Å². The van der Waals surface area contributed by atoms with Gasteiger partial charge in [-0.05, 0) is 70.8 Å². The van der Waals surface area contributed by atoms with E-state index in [4.69, 9.17) is 4.74 Å². The molecule has 1 aliphatic heterocycles. The first-order valence-electron chi connectivity index (χ1n) is 17.0. The van der Waals surface area contributed by atoms with Gasteiger partial charge in [0, 0.05) is 31.4 Å². The number of nitrogens with one attached hydrogen (secondary N) is 1. The van der Waals surface area contributed by atoms with Crippen molar-refractivity contribution >= 4 is 17.8 Å². The van der Waals surface area contributed by atoms with Crippen molar-refractivity contribution < 1.29 is 41.8 Å². The van der Waals surface area contributed by atoms with Crippen molar-refractivity contribution in [3.8, 4) is 16.9 Å². The van der Waals surface area contributed by atoms with Gasteiger partial charge in [0.2, 0.25) is 11.8 Å². The van der Waals surface area contributed by atoms with Gasteiger partial charge in [0.25, 0.3) is 0 Å². The molecule has 1 fully saturated rings. The third kappa shape index (κ3) is 8.76. The summed E-state index contributed by atoms with van der Waals surface area (Å²) in [4.78, 5) is 41.4. The average molecular weight is 703 g/mol. The number of hydrogen-bond donors (Lipinski definition) is 2. The van der Waals surface area contributed by atoms with Crippen LogP contribution in [0.25, 0.3) is 11.1 Å². The normalized spacial score (nSPS) is 16.7. The highest BCUT2D eigenvalue weighted by Crippen LogP contribution is 2.35. The number of carbonyl (C=O) groups excluding carboxylic acids is 2.